The van der Waals surface area contributed by atoms with Crippen molar-refractivity contribution in [3.05, 3.63) is 42.1 Å². The standard InChI is InChI=1S/C19H22N4O2/c24-18-12-15(14-8-4-5-9-16(14)21-18)19(25)22-17-10-11-20-23(17)13-6-2-1-3-7-13/h4-5,8-11,13,15H,1-3,6-7,12H2,(H,21,24)(H,22,25). The van der Waals surface area contributed by atoms with Crippen LogP contribution in [0.4, 0.5) is 11.5 Å². The molecule has 1 aliphatic carbocycles. The summed E-state index contributed by atoms with van der Waals surface area (Å²) in [6.07, 6.45) is 7.76. The zero-order valence-electron chi connectivity index (χ0n) is 14.1. The highest BCUT2D eigenvalue weighted by Gasteiger charge is 2.31. The monoisotopic (exact) mass is 338 g/mol. The first kappa shape index (κ1) is 15.9. The van der Waals surface area contributed by atoms with E-state index in [9.17, 15) is 9.59 Å². The second kappa shape index (κ2) is 6.70. The maximum atomic E-state index is 12.9. The summed E-state index contributed by atoms with van der Waals surface area (Å²) in [4.78, 5) is 24.8. The minimum atomic E-state index is -0.473. The van der Waals surface area contributed by atoms with Gasteiger partial charge in [-0.3, -0.25) is 9.59 Å². The van der Waals surface area contributed by atoms with Gasteiger partial charge in [0, 0.05) is 18.2 Å². The number of carbonyl (C=O) groups is 2. The average Bonchev–Trinajstić information content (AvgIpc) is 3.09. The number of hydrogen-bond acceptors (Lipinski definition) is 3. The molecule has 0 bridgehead atoms. The maximum absolute atomic E-state index is 12.9. The Hall–Kier alpha value is -2.63. The van der Waals surface area contributed by atoms with E-state index in [4.69, 9.17) is 0 Å². The molecule has 6 heteroatoms. The lowest BCUT2D eigenvalue weighted by molar-refractivity contribution is -0.123. The molecule has 2 heterocycles. The molecule has 0 spiro atoms. The fourth-order valence-corrected chi connectivity index (χ4v) is 3.89. The molecular formula is C19H22N4O2. The molecule has 2 N–H and O–H groups in total. The molecule has 1 aromatic carbocycles. The Balaban J connectivity index is 1.55. The van der Waals surface area contributed by atoms with Gasteiger partial charge in [-0.2, -0.15) is 5.10 Å². The van der Waals surface area contributed by atoms with E-state index >= 15 is 0 Å². The molecule has 2 aromatic rings. The van der Waals surface area contributed by atoms with Crippen LogP contribution in [-0.2, 0) is 9.59 Å². The Bertz CT molecular complexity index is 792. The van der Waals surface area contributed by atoms with E-state index in [2.05, 4.69) is 15.7 Å². The second-order valence-corrected chi connectivity index (χ2v) is 6.83. The first-order valence-corrected chi connectivity index (χ1v) is 8.95. The van der Waals surface area contributed by atoms with E-state index in [-0.39, 0.29) is 18.2 Å². The molecule has 130 valence electrons. The first-order chi connectivity index (χ1) is 12.2. The fraction of sp³-hybridized carbons (Fsp3) is 0.421. The summed E-state index contributed by atoms with van der Waals surface area (Å²) in [5.74, 6) is -0.0282. The predicted octanol–water partition coefficient (Wildman–Crippen LogP) is 3.45. The summed E-state index contributed by atoms with van der Waals surface area (Å²) in [5, 5.41) is 10.3. The average molecular weight is 338 g/mol. The molecule has 0 saturated heterocycles. The van der Waals surface area contributed by atoms with Gasteiger partial charge in [0.15, 0.2) is 0 Å². The largest absolute Gasteiger partial charge is 0.326 e. The second-order valence-electron chi connectivity index (χ2n) is 6.83. The highest BCUT2D eigenvalue weighted by atomic mass is 16.2. The van der Waals surface area contributed by atoms with Gasteiger partial charge in [-0.05, 0) is 24.5 Å². The molecule has 1 unspecified atom stereocenters. The molecule has 1 aromatic heterocycles. The number of aromatic nitrogens is 2. The highest BCUT2D eigenvalue weighted by Crippen LogP contribution is 2.34. The van der Waals surface area contributed by atoms with Gasteiger partial charge >= 0.3 is 0 Å². The third-order valence-corrected chi connectivity index (χ3v) is 5.16. The third kappa shape index (κ3) is 3.16. The molecule has 2 aliphatic rings. The number of nitrogens with zero attached hydrogens (tertiary/aromatic N) is 2. The van der Waals surface area contributed by atoms with Crippen molar-refractivity contribution in [3.63, 3.8) is 0 Å². The summed E-state index contributed by atoms with van der Waals surface area (Å²) in [6.45, 7) is 0. The Kier molecular flexibility index (Phi) is 4.26. The van der Waals surface area contributed by atoms with Crippen molar-refractivity contribution in [2.75, 3.05) is 10.6 Å². The van der Waals surface area contributed by atoms with Gasteiger partial charge in [-0.15, -0.1) is 0 Å². The number of fused-ring (bicyclic) bond motifs is 1. The molecule has 1 fully saturated rings. The van der Waals surface area contributed by atoms with Crippen molar-refractivity contribution >= 4 is 23.3 Å². The third-order valence-electron chi connectivity index (χ3n) is 5.16. The molecule has 1 atom stereocenters. The highest BCUT2D eigenvalue weighted by molar-refractivity contribution is 6.04. The zero-order valence-corrected chi connectivity index (χ0v) is 14.1. The lowest BCUT2D eigenvalue weighted by Gasteiger charge is -2.26. The van der Waals surface area contributed by atoms with Gasteiger partial charge in [0.05, 0.1) is 18.2 Å². The van der Waals surface area contributed by atoms with Gasteiger partial charge in [-0.25, -0.2) is 4.68 Å². The Morgan fingerprint density at radius 1 is 1.16 bits per heavy atom. The lowest BCUT2D eigenvalue weighted by Crippen LogP contribution is -2.31. The van der Waals surface area contributed by atoms with E-state index in [1.54, 1.807) is 6.20 Å². The van der Waals surface area contributed by atoms with Crippen molar-refractivity contribution in [2.24, 2.45) is 0 Å². The van der Waals surface area contributed by atoms with E-state index in [0.717, 1.165) is 29.9 Å². The summed E-state index contributed by atoms with van der Waals surface area (Å²) < 4.78 is 1.94. The molecule has 6 nitrogen and oxygen atoms in total. The van der Waals surface area contributed by atoms with Crippen LogP contribution >= 0.6 is 0 Å². The summed E-state index contributed by atoms with van der Waals surface area (Å²) in [6, 6.07) is 9.67. The number of nitrogens with one attached hydrogen (secondary N) is 2. The minimum Gasteiger partial charge on any atom is -0.326 e. The smallest absolute Gasteiger partial charge is 0.233 e. The SMILES string of the molecule is O=C1CC(C(=O)Nc2ccnn2C2CCCCC2)c2ccccc2N1. The molecule has 1 aliphatic heterocycles. The number of amides is 2. The van der Waals surface area contributed by atoms with Gasteiger partial charge in [0.2, 0.25) is 11.8 Å². The van der Waals surface area contributed by atoms with Crippen LogP contribution in [0.25, 0.3) is 0 Å². The van der Waals surface area contributed by atoms with Crippen molar-refractivity contribution in [1.29, 1.82) is 0 Å². The van der Waals surface area contributed by atoms with Crippen molar-refractivity contribution in [2.45, 2.75) is 50.5 Å². The fourth-order valence-electron chi connectivity index (χ4n) is 3.89. The summed E-state index contributed by atoms with van der Waals surface area (Å²) >= 11 is 0. The number of carbonyl (C=O) groups excluding carboxylic acids is 2. The zero-order chi connectivity index (χ0) is 17.2. The van der Waals surface area contributed by atoms with Crippen molar-refractivity contribution in [1.82, 2.24) is 9.78 Å². The number of anilines is 2. The van der Waals surface area contributed by atoms with E-state index in [1.165, 1.54) is 19.3 Å². The van der Waals surface area contributed by atoms with Gasteiger partial charge in [0.25, 0.3) is 0 Å². The summed E-state index contributed by atoms with van der Waals surface area (Å²) in [5.41, 5.74) is 1.59. The van der Waals surface area contributed by atoms with Crippen LogP contribution in [0.5, 0.6) is 0 Å². The molecule has 0 radical (unpaired) electrons. The molecule has 2 amide bonds. The number of hydrogen-bond donors (Lipinski definition) is 2. The van der Waals surface area contributed by atoms with Crippen LogP contribution in [0, 0.1) is 0 Å². The van der Waals surface area contributed by atoms with E-state index in [1.807, 2.05) is 35.0 Å². The lowest BCUT2D eigenvalue weighted by atomic mass is 9.90. The first-order valence-electron chi connectivity index (χ1n) is 8.95. The van der Waals surface area contributed by atoms with Gasteiger partial charge in [0.1, 0.15) is 5.82 Å². The minimum absolute atomic E-state index is 0.125. The van der Waals surface area contributed by atoms with Crippen LogP contribution in [0.2, 0.25) is 0 Å². The predicted molar refractivity (Wildman–Crippen MR) is 95.4 cm³/mol. The summed E-state index contributed by atoms with van der Waals surface area (Å²) in [7, 11) is 0. The van der Waals surface area contributed by atoms with Crippen molar-refractivity contribution < 1.29 is 9.59 Å². The Labute approximate surface area is 146 Å². The van der Waals surface area contributed by atoms with Crippen LogP contribution < -0.4 is 10.6 Å². The van der Waals surface area contributed by atoms with Crippen LogP contribution in [0.15, 0.2) is 36.5 Å². The van der Waals surface area contributed by atoms with Gasteiger partial charge < -0.3 is 10.6 Å². The molecule has 4 rings (SSSR count). The van der Waals surface area contributed by atoms with Crippen molar-refractivity contribution in [3.8, 4) is 0 Å². The molecule has 1 saturated carbocycles. The van der Waals surface area contributed by atoms with Crippen LogP contribution in [0.1, 0.15) is 56.0 Å². The van der Waals surface area contributed by atoms with Crippen LogP contribution in [-0.4, -0.2) is 21.6 Å². The number of rotatable bonds is 3. The Morgan fingerprint density at radius 3 is 2.80 bits per heavy atom. The van der Waals surface area contributed by atoms with E-state index in [0.29, 0.717) is 6.04 Å². The molecule has 25 heavy (non-hydrogen) atoms. The normalized spacial score (nSPS) is 20.6. The quantitative estimate of drug-likeness (QED) is 0.900. The van der Waals surface area contributed by atoms with E-state index < -0.39 is 5.92 Å². The topological polar surface area (TPSA) is 76.0 Å². The Morgan fingerprint density at radius 2 is 1.96 bits per heavy atom. The maximum Gasteiger partial charge on any atom is 0.233 e. The number of para-hydroxylation sites is 1. The number of benzene rings is 1. The van der Waals surface area contributed by atoms with Crippen LogP contribution in [0.3, 0.4) is 0 Å². The van der Waals surface area contributed by atoms with Gasteiger partial charge in [-0.1, -0.05) is 37.5 Å². The molecular weight excluding hydrogens is 316 g/mol.